The molecule has 1 aliphatic rings. The highest BCUT2D eigenvalue weighted by molar-refractivity contribution is 14.1. The van der Waals surface area contributed by atoms with Gasteiger partial charge in [0.05, 0.1) is 25.7 Å². The Labute approximate surface area is 149 Å². The molecule has 1 saturated heterocycles. The minimum Gasteiger partial charge on any atom is -0.377 e. The Balaban J connectivity index is 1.95. The predicted octanol–water partition coefficient (Wildman–Crippen LogP) is 4.67. The fourth-order valence-electron chi connectivity index (χ4n) is 2.91. The summed E-state index contributed by atoms with van der Waals surface area (Å²) in [5, 5.41) is 3.78. The first-order valence-electron chi connectivity index (χ1n) is 7.10. The summed E-state index contributed by atoms with van der Waals surface area (Å²) in [5.41, 5.74) is 1.02. The lowest BCUT2D eigenvalue weighted by atomic mass is 10.1. The standard InChI is InChI=1S/C15H15F4IN2S/c1-22-6-10(16)12(7-22)21-11-4-2-3-8-9(5-15(17,18)19)14(20)23-13(8)11/h2-4,10,12,21H,5-7H2,1H3. The number of nitrogens with zero attached hydrogens (tertiary/aromatic N) is 1. The lowest BCUT2D eigenvalue weighted by Crippen LogP contribution is -2.29. The number of anilines is 1. The molecule has 3 rings (SSSR count). The van der Waals surface area contributed by atoms with Gasteiger partial charge >= 0.3 is 6.18 Å². The van der Waals surface area contributed by atoms with E-state index in [-0.39, 0.29) is 6.04 Å². The molecule has 2 aromatic rings. The first-order valence-corrected chi connectivity index (χ1v) is 9.00. The average molecular weight is 458 g/mol. The molecule has 0 spiro atoms. The van der Waals surface area contributed by atoms with Crippen molar-refractivity contribution < 1.29 is 17.6 Å². The van der Waals surface area contributed by atoms with Crippen molar-refractivity contribution >= 4 is 49.7 Å². The van der Waals surface area contributed by atoms with Crippen molar-refractivity contribution in [1.29, 1.82) is 0 Å². The zero-order chi connectivity index (χ0) is 16.8. The first kappa shape index (κ1) is 17.2. The van der Waals surface area contributed by atoms with E-state index in [0.29, 0.717) is 32.6 Å². The maximum absolute atomic E-state index is 14.0. The van der Waals surface area contributed by atoms with Crippen LogP contribution in [0.1, 0.15) is 5.56 Å². The zero-order valence-electron chi connectivity index (χ0n) is 12.3. The van der Waals surface area contributed by atoms with E-state index in [1.165, 1.54) is 11.3 Å². The number of likely N-dealkylation sites (N-methyl/N-ethyl adjacent to an activating group) is 1. The Bertz CT molecular complexity index is 715. The van der Waals surface area contributed by atoms with Crippen LogP contribution in [-0.2, 0) is 6.42 Å². The summed E-state index contributed by atoms with van der Waals surface area (Å²) >= 11 is 3.27. The highest BCUT2D eigenvalue weighted by Crippen LogP contribution is 2.40. The summed E-state index contributed by atoms with van der Waals surface area (Å²) in [7, 11) is 1.85. The van der Waals surface area contributed by atoms with Crippen molar-refractivity contribution in [2.24, 2.45) is 0 Å². The number of likely N-dealkylation sites (tertiary alicyclic amines) is 1. The number of halogens is 5. The van der Waals surface area contributed by atoms with Crippen LogP contribution in [0, 0.1) is 2.88 Å². The average Bonchev–Trinajstić information content (AvgIpc) is 2.90. The van der Waals surface area contributed by atoms with Crippen molar-refractivity contribution in [2.45, 2.75) is 24.8 Å². The minimum absolute atomic E-state index is 0.307. The number of rotatable bonds is 3. The van der Waals surface area contributed by atoms with Crippen LogP contribution in [0.15, 0.2) is 18.2 Å². The van der Waals surface area contributed by atoms with Gasteiger partial charge in [-0.3, -0.25) is 0 Å². The number of benzene rings is 1. The summed E-state index contributed by atoms with van der Waals surface area (Å²) < 4.78 is 53.7. The molecule has 2 unspecified atom stereocenters. The largest absolute Gasteiger partial charge is 0.393 e. The highest BCUT2D eigenvalue weighted by Gasteiger charge is 2.33. The maximum atomic E-state index is 14.0. The van der Waals surface area contributed by atoms with E-state index in [4.69, 9.17) is 0 Å². The Morgan fingerprint density at radius 1 is 1.35 bits per heavy atom. The molecular weight excluding hydrogens is 443 g/mol. The van der Waals surface area contributed by atoms with Crippen molar-refractivity contribution in [3.8, 4) is 0 Å². The van der Waals surface area contributed by atoms with Gasteiger partial charge in [-0.05, 0) is 46.7 Å². The quantitative estimate of drug-likeness (QED) is 0.531. The van der Waals surface area contributed by atoms with E-state index in [0.717, 1.165) is 4.70 Å². The minimum atomic E-state index is -4.24. The fraction of sp³-hybridized carbons (Fsp3) is 0.467. The molecule has 1 fully saturated rings. The second kappa shape index (κ2) is 6.36. The van der Waals surface area contributed by atoms with Crippen LogP contribution in [0.4, 0.5) is 23.2 Å². The molecule has 1 aliphatic heterocycles. The molecule has 0 bridgehead atoms. The number of nitrogens with one attached hydrogen (secondary N) is 1. The van der Waals surface area contributed by atoms with Crippen molar-refractivity contribution in [3.05, 3.63) is 26.6 Å². The molecule has 1 aromatic heterocycles. The number of hydrogen-bond donors (Lipinski definition) is 1. The molecule has 0 aliphatic carbocycles. The van der Waals surface area contributed by atoms with Gasteiger partial charge in [0.15, 0.2) is 0 Å². The third-order valence-electron chi connectivity index (χ3n) is 3.92. The van der Waals surface area contributed by atoms with Gasteiger partial charge < -0.3 is 10.2 Å². The molecule has 2 atom stereocenters. The molecular formula is C15H15F4IN2S. The smallest absolute Gasteiger partial charge is 0.377 e. The molecule has 0 amide bonds. The zero-order valence-corrected chi connectivity index (χ0v) is 15.2. The topological polar surface area (TPSA) is 15.3 Å². The van der Waals surface area contributed by atoms with Crippen molar-refractivity contribution in [3.63, 3.8) is 0 Å². The number of alkyl halides is 4. The van der Waals surface area contributed by atoms with Crippen LogP contribution >= 0.6 is 33.9 Å². The van der Waals surface area contributed by atoms with Gasteiger partial charge in [0, 0.05) is 13.1 Å². The molecule has 1 aromatic carbocycles. The summed E-state index contributed by atoms with van der Waals surface area (Å²) in [6, 6.07) is 4.89. The van der Waals surface area contributed by atoms with Crippen LogP contribution in [-0.4, -0.2) is 43.4 Å². The molecule has 8 heteroatoms. The van der Waals surface area contributed by atoms with Gasteiger partial charge in [0.1, 0.15) is 6.17 Å². The van der Waals surface area contributed by atoms with Crippen molar-refractivity contribution in [1.82, 2.24) is 4.90 Å². The summed E-state index contributed by atoms with van der Waals surface area (Å²) in [6.45, 7) is 0.949. The first-order chi connectivity index (χ1) is 10.7. The lowest BCUT2D eigenvalue weighted by molar-refractivity contribution is -0.127. The number of thiophene rings is 1. The SMILES string of the molecule is CN1CC(F)C(Nc2cccc3c(CC(F)(F)F)c(I)sc23)C1. The maximum Gasteiger partial charge on any atom is 0.393 e. The fourth-order valence-corrected chi connectivity index (χ4v) is 5.07. The van der Waals surface area contributed by atoms with E-state index in [1.807, 2.05) is 34.5 Å². The second-order valence-corrected chi connectivity index (χ2v) is 8.65. The lowest BCUT2D eigenvalue weighted by Gasteiger charge is -2.16. The predicted molar refractivity (Wildman–Crippen MR) is 94.1 cm³/mol. The Morgan fingerprint density at radius 2 is 2.09 bits per heavy atom. The molecule has 2 heterocycles. The molecule has 23 heavy (non-hydrogen) atoms. The molecule has 2 nitrogen and oxygen atoms in total. The van der Waals surface area contributed by atoms with Gasteiger partial charge in [-0.1, -0.05) is 12.1 Å². The van der Waals surface area contributed by atoms with E-state index in [1.54, 1.807) is 18.2 Å². The van der Waals surface area contributed by atoms with Gasteiger partial charge in [-0.2, -0.15) is 13.2 Å². The second-order valence-electron chi connectivity index (χ2n) is 5.82. The monoisotopic (exact) mass is 458 g/mol. The number of hydrogen-bond acceptors (Lipinski definition) is 3. The molecule has 126 valence electrons. The van der Waals surface area contributed by atoms with Gasteiger partial charge in [0.2, 0.25) is 0 Å². The van der Waals surface area contributed by atoms with Crippen LogP contribution in [0.3, 0.4) is 0 Å². The van der Waals surface area contributed by atoms with E-state index >= 15 is 0 Å². The van der Waals surface area contributed by atoms with Crippen LogP contribution < -0.4 is 5.32 Å². The van der Waals surface area contributed by atoms with Crippen LogP contribution in [0.5, 0.6) is 0 Å². The number of fused-ring (bicyclic) bond motifs is 1. The Kier molecular flexibility index (Phi) is 4.76. The molecule has 1 N–H and O–H groups in total. The van der Waals surface area contributed by atoms with E-state index in [9.17, 15) is 17.6 Å². The third kappa shape index (κ3) is 3.74. The molecule has 0 saturated carbocycles. The van der Waals surface area contributed by atoms with Crippen molar-refractivity contribution in [2.75, 3.05) is 25.5 Å². The van der Waals surface area contributed by atoms with E-state index < -0.39 is 18.8 Å². The normalized spacial score (nSPS) is 22.9. The highest BCUT2D eigenvalue weighted by atomic mass is 127. The van der Waals surface area contributed by atoms with Gasteiger partial charge in [-0.15, -0.1) is 11.3 Å². The van der Waals surface area contributed by atoms with Gasteiger partial charge in [0.25, 0.3) is 0 Å². The Hall–Kier alpha value is -0.610. The van der Waals surface area contributed by atoms with Gasteiger partial charge in [-0.25, -0.2) is 4.39 Å². The molecule has 0 radical (unpaired) electrons. The third-order valence-corrected chi connectivity index (χ3v) is 6.30. The Morgan fingerprint density at radius 3 is 2.70 bits per heavy atom. The van der Waals surface area contributed by atoms with E-state index in [2.05, 4.69) is 5.32 Å². The van der Waals surface area contributed by atoms with Crippen LogP contribution in [0.2, 0.25) is 0 Å². The summed E-state index contributed by atoms with van der Waals surface area (Å²) in [4.78, 5) is 1.90. The van der Waals surface area contributed by atoms with Crippen LogP contribution in [0.25, 0.3) is 10.1 Å². The summed E-state index contributed by atoms with van der Waals surface area (Å²) in [6.07, 6.45) is -6.16. The summed E-state index contributed by atoms with van der Waals surface area (Å²) in [5.74, 6) is 0.